The van der Waals surface area contributed by atoms with E-state index in [1.54, 1.807) is 18.2 Å². The smallest absolute Gasteiger partial charge is 0.118 e. The van der Waals surface area contributed by atoms with Crippen LogP contribution in [-0.4, -0.2) is 44.1 Å². The molecule has 4 rings (SSSR count). The minimum Gasteiger partial charge on any atom is -0.497 e. The summed E-state index contributed by atoms with van der Waals surface area (Å²) in [5.74, 6) is 2.31. The molecule has 0 unspecified atom stereocenters. The van der Waals surface area contributed by atoms with Crippen molar-refractivity contribution in [3.8, 4) is 5.75 Å². The predicted octanol–water partition coefficient (Wildman–Crippen LogP) is 3.53. The van der Waals surface area contributed by atoms with Gasteiger partial charge in [-0.05, 0) is 48.8 Å². The van der Waals surface area contributed by atoms with E-state index in [-0.39, 0.29) is 0 Å². The van der Waals surface area contributed by atoms with Crippen LogP contribution in [0.5, 0.6) is 5.75 Å². The van der Waals surface area contributed by atoms with Crippen LogP contribution in [0.25, 0.3) is 0 Å². The first-order valence-corrected chi connectivity index (χ1v) is 8.78. The van der Waals surface area contributed by atoms with Gasteiger partial charge in [-0.1, -0.05) is 36.4 Å². The quantitative estimate of drug-likeness (QED) is 0.856. The molecule has 1 heterocycles. The molecule has 1 fully saturated rings. The van der Waals surface area contributed by atoms with Crippen molar-refractivity contribution in [2.45, 2.75) is 18.5 Å². The number of benzene rings is 2. The topological polar surface area (TPSA) is 15.7 Å². The van der Waals surface area contributed by atoms with Gasteiger partial charge >= 0.3 is 0 Å². The number of likely N-dealkylation sites (tertiary alicyclic amines) is 1. The number of fused-ring (bicyclic) bond motifs is 3. The molecule has 0 aromatic heterocycles. The van der Waals surface area contributed by atoms with Gasteiger partial charge in [0.15, 0.2) is 0 Å². The van der Waals surface area contributed by atoms with E-state index < -0.39 is 0 Å². The van der Waals surface area contributed by atoms with Crippen molar-refractivity contribution in [1.82, 2.24) is 9.80 Å². The minimum absolute atomic E-state index is 0.548. The fourth-order valence-electron chi connectivity index (χ4n) is 4.69. The third-order valence-electron chi connectivity index (χ3n) is 5.68. The number of nitrogens with zero attached hydrogens (tertiary/aromatic N) is 2. The molecule has 0 radical (unpaired) electrons. The van der Waals surface area contributed by atoms with Crippen LogP contribution < -0.4 is 4.74 Å². The van der Waals surface area contributed by atoms with Crippen molar-refractivity contribution < 1.29 is 4.74 Å². The molecular weight excluding hydrogens is 296 g/mol. The molecule has 3 atom stereocenters. The first kappa shape index (κ1) is 15.7. The number of hydrogen-bond acceptors (Lipinski definition) is 3. The van der Waals surface area contributed by atoms with E-state index in [4.69, 9.17) is 4.74 Å². The molecule has 1 aliphatic carbocycles. The van der Waals surface area contributed by atoms with Gasteiger partial charge in [-0.25, -0.2) is 0 Å². The molecule has 126 valence electrons. The summed E-state index contributed by atoms with van der Waals surface area (Å²) in [6, 6.07) is 18.1. The van der Waals surface area contributed by atoms with Crippen LogP contribution in [-0.2, 0) is 6.54 Å². The van der Waals surface area contributed by atoms with Crippen LogP contribution in [0.2, 0.25) is 0 Å². The van der Waals surface area contributed by atoms with Gasteiger partial charge in [0.05, 0.1) is 7.11 Å². The van der Waals surface area contributed by atoms with Gasteiger partial charge in [0.1, 0.15) is 5.75 Å². The van der Waals surface area contributed by atoms with E-state index >= 15 is 0 Å². The molecule has 0 bridgehead atoms. The van der Waals surface area contributed by atoms with Crippen LogP contribution in [0.1, 0.15) is 28.7 Å². The number of rotatable bonds is 4. The second-order valence-corrected chi connectivity index (χ2v) is 7.35. The Balaban J connectivity index is 1.53. The molecule has 1 saturated heterocycles. The Labute approximate surface area is 144 Å². The molecule has 0 saturated carbocycles. The molecule has 2 aromatic carbocycles. The van der Waals surface area contributed by atoms with Crippen LogP contribution >= 0.6 is 0 Å². The second kappa shape index (κ2) is 6.23. The summed E-state index contributed by atoms with van der Waals surface area (Å²) in [6.07, 6.45) is 0. The van der Waals surface area contributed by atoms with Crippen LogP contribution in [0, 0.1) is 5.92 Å². The fourth-order valence-corrected chi connectivity index (χ4v) is 4.69. The molecule has 0 N–H and O–H groups in total. The van der Waals surface area contributed by atoms with E-state index in [9.17, 15) is 0 Å². The summed E-state index contributed by atoms with van der Waals surface area (Å²) in [5, 5.41) is 0. The summed E-state index contributed by atoms with van der Waals surface area (Å²) in [7, 11) is 6.15. The second-order valence-electron chi connectivity index (χ2n) is 7.35. The van der Waals surface area contributed by atoms with Gasteiger partial charge in [0.2, 0.25) is 0 Å². The van der Waals surface area contributed by atoms with Crippen LogP contribution in [0.4, 0.5) is 0 Å². The average Bonchev–Trinajstić information content (AvgIpc) is 3.11. The van der Waals surface area contributed by atoms with Crippen molar-refractivity contribution >= 4 is 0 Å². The SMILES string of the molecule is COc1ccc(CN2C[C@H]3[C@@H](C2)c2ccccc2[C@@H]3N(C)C)cc1. The third-order valence-corrected chi connectivity index (χ3v) is 5.68. The highest BCUT2D eigenvalue weighted by atomic mass is 16.5. The zero-order chi connectivity index (χ0) is 16.7. The van der Waals surface area contributed by atoms with Gasteiger partial charge < -0.3 is 9.64 Å². The van der Waals surface area contributed by atoms with Crippen molar-refractivity contribution in [3.63, 3.8) is 0 Å². The van der Waals surface area contributed by atoms with Crippen molar-refractivity contribution in [2.24, 2.45) is 5.92 Å². The largest absolute Gasteiger partial charge is 0.497 e. The molecule has 3 heteroatoms. The highest BCUT2D eigenvalue weighted by Crippen LogP contribution is 2.51. The Kier molecular flexibility index (Phi) is 4.07. The van der Waals surface area contributed by atoms with Crippen LogP contribution in [0.15, 0.2) is 48.5 Å². The standard InChI is InChI=1S/C21H26N2O/c1-22(2)21-18-7-5-4-6-17(18)19-13-23(14-20(19)21)12-15-8-10-16(24-3)11-9-15/h4-11,19-21H,12-14H2,1-3H3/t19-,20-,21-/m0/s1. The van der Waals surface area contributed by atoms with Gasteiger partial charge in [-0.15, -0.1) is 0 Å². The normalized spacial score (nSPS) is 25.8. The number of ether oxygens (including phenoxy) is 1. The van der Waals surface area contributed by atoms with Crippen LogP contribution in [0.3, 0.4) is 0 Å². The third kappa shape index (κ3) is 2.62. The molecule has 0 spiro atoms. The van der Waals surface area contributed by atoms with Crippen molar-refractivity contribution in [1.29, 1.82) is 0 Å². The van der Waals surface area contributed by atoms with E-state index in [0.29, 0.717) is 17.9 Å². The lowest BCUT2D eigenvalue weighted by Crippen LogP contribution is -2.28. The number of hydrogen-bond donors (Lipinski definition) is 0. The Morgan fingerprint density at radius 1 is 1.00 bits per heavy atom. The summed E-state index contributed by atoms with van der Waals surface area (Å²) >= 11 is 0. The predicted molar refractivity (Wildman–Crippen MR) is 97.4 cm³/mol. The molecule has 24 heavy (non-hydrogen) atoms. The van der Waals surface area contributed by atoms with E-state index in [1.165, 1.54) is 12.1 Å². The molecule has 2 aliphatic rings. The first-order chi connectivity index (χ1) is 11.7. The fraction of sp³-hybridized carbons (Fsp3) is 0.429. The maximum absolute atomic E-state index is 5.26. The summed E-state index contributed by atoms with van der Waals surface area (Å²) in [4.78, 5) is 5.02. The lowest BCUT2D eigenvalue weighted by atomic mass is 9.94. The Morgan fingerprint density at radius 3 is 2.38 bits per heavy atom. The lowest BCUT2D eigenvalue weighted by Gasteiger charge is -2.27. The van der Waals surface area contributed by atoms with Crippen molar-refractivity contribution in [3.05, 3.63) is 65.2 Å². The first-order valence-electron chi connectivity index (χ1n) is 8.78. The van der Waals surface area contributed by atoms with Gasteiger partial charge in [0.25, 0.3) is 0 Å². The Morgan fingerprint density at radius 2 is 1.71 bits per heavy atom. The maximum Gasteiger partial charge on any atom is 0.118 e. The van der Waals surface area contributed by atoms with Gasteiger partial charge in [-0.2, -0.15) is 0 Å². The zero-order valence-electron chi connectivity index (χ0n) is 14.8. The molecule has 2 aromatic rings. The van der Waals surface area contributed by atoms with Crippen molar-refractivity contribution in [2.75, 3.05) is 34.3 Å². The number of methoxy groups -OCH3 is 1. The van der Waals surface area contributed by atoms with E-state index in [2.05, 4.69) is 72.4 Å². The average molecular weight is 322 g/mol. The molecular formula is C21H26N2O. The zero-order valence-corrected chi connectivity index (χ0v) is 14.8. The van der Waals surface area contributed by atoms with E-state index in [1.807, 2.05) is 0 Å². The van der Waals surface area contributed by atoms with Gasteiger partial charge in [-0.3, -0.25) is 4.90 Å². The highest BCUT2D eigenvalue weighted by molar-refractivity contribution is 5.41. The lowest BCUT2D eigenvalue weighted by molar-refractivity contribution is 0.212. The summed E-state index contributed by atoms with van der Waals surface area (Å²) in [5.41, 5.74) is 4.48. The minimum atomic E-state index is 0.548. The Hall–Kier alpha value is -1.84. The molecule has 3 nitrogen and oxygen atoms in total. The summed E-state index contributed by atoms with van der Waals surface area (Å²) < 4.78 is 5.26. The monoisotopic (exact) mass is 322 g/mol. The Bertz CT molecular complexity index is 710. The summed E-state index contributed by atoms with van der Waals surface area (Å²) in [6.45, 7) is 3.37. The highest BCUT2D eigenvalue weighted by Gasteiger charge is 2.46. The van der Waals surface area contributed by atoms with Gasteiger partial charge in [0, 0.05) is 31.6 Å². The maximum atomic E-state index is 5.26. The molecule has 0 amide bonds. The van der Waals surface area contributed by atoms with E-state index in [0.717, 1.165) is 18.8 Å². The molecule has 1 aliphatic heterocycles.